The Bertz CT molecular complexity index is 794. The first-order valence-corrected chi connectivity index (χ1v) is 7.63. The highest BCUT2D eigenvalue weighted by atomic mass is 15.0. The van der Waals surface area contributed by atoms with Gasteiger partial charge >= 0.3 is 0 Å². The van der Waals surface area contributed by atoms with Crippen LogP contribution in [0.15, 0.2) is 67.2 Å². The summed E-state index contributed by atoms with van der Waals surface area (Å²) < 4.78 is 2.29. The standard InChI is InChI=1S/C21H21N/c1-4-19-12-13-21(22(19)20-8-6-5-7-9-20)15-18-14-16(2)10-11-17(18)3/h4-14H,1,15H2,2-3H3. The Labute approximate surface area is 132 Å². The molecule has 1 nitrogen and oxygen atoms in total. The molecule has 1 aromatic heterocycles. The van der Waals surface area contributed by atoms with E-state index in [2.05, 4.69) is 79.6 Å². The maximum absolute atomic E-state index is 3.95. The molecule has 0 amide bonds. The monoisotopic (exact) mass is 287 g/mol. The van der Waals surface area contributed by atoms with E-state index < -0.39 is 0 Å². The molecular formula is C21H21N. The number of hydrogen-bond donors (Lipinski definition) is 0. The summed E-state index contributed by atoms with van der Waals surface area (Å²) >= 11 is 0. The molecule has 0 aliphatic carbocycles. The molecule has 0 saturated heterocycles. The molecular weight excluding hydrogens is 266 g/mol. The van der Waals surface area contributed by atoms with Gasteiger partial charge in [-0.1, -0.05) is 48.5 Å². The molecule has 0 aliphatic rings. The minimum atomic E-state index is 0.927. The van der Waals surface area contributed by atoms with Gasteiger partial charge in [0.15, 0.2) is 0 Å². The van der Waals surface area contributed by atoms with Crippen LogP contribution < -0.4 is 0 Å². The SMILES string of the molecule is C=Cc1ccc(Cc2cc(C)ccc2C)n1-c1ccccc1. The van der Waals surface area contributed by atoms with Crippen molar-refractivity contribution in [2.24, 2.45) is 0 Å². The highest BCUT2D eigenvalue weighted by Gasteiger charge is 2.10. The van der Waals surface area contributed by atoms with Crippen molar-refractivity contribution in [1.82, 2.24) is 4.57 Å². The van der Waals surface area contributed by atoms with Crippen molar-refractivity contribution >= 4 is 6.08 Å². The van der Waals surface area contributed by atoms with Gasteiger partial charge in [0.1, 0.15) is 0 Å². The van der Waals surface area contributed by atoms with Crippen molar-refractivity contribution in [1.29, 1.82) is 0 Å². The first kappa shape index (κ1) is 14.4. The normalized spacial score (nSPS) is 10.6. The lowest BCUT2D eigenvalue weighted by Gasteiger charge is -2.13. The van der Waals surface area contributed by atoms with Crippen molar-refractivity contribution in [2.75, 3.05) is 0 Å². The molecule has 22 heavy (non-hydrogen) atoms. The predicted molar refractivity (Wildman–Crippen MR) is 94.6 cm³/mol. The lowest BCUT2D eigenvalue weighted by molar-refractivity contribution is 0.944. The fourth-order valence-corrected chi connectivity index (χ4v) is 2.87. The Balaban J connectivity index is 2.07. The highest BCUT2D eigenvalue weighted by molar-refractivity contribution is 5.51. The molecule has 0 atom stereocenters. The van der Waals surface area contributed by atoms with E-state index in [1.807, 2.05) is 12.1 Å². The molecule has 2 aromatic carbocycles. The third-order valence-electron chi connectivity index (χ3n) is 4.09. The topological polar surface area (TPSA) is 4.93 Å². The van der Waals surface area contributed by atoms with Crippen LogP contribution in [0, 0.1) is 13.8 Å². The Kier molecular flexibility index (Phi) is 3.97. The van der Waals surface area contributed by atoms with Gasteiger partial charge in [-0.25, -0.2) is 0 Å². The predicted octanol–water partition coefficient (Wildman–Crippen LogP) is 5.33. The fraction of sp³-hybridized carbons (Fsp3) is 0.143. The van der Waals surface area contributed by atoms with Crippen LogP contribution in [0.2, 0.25) is 0 Å². The number of aromatic nitrogens is 1. The molecule has 3 rings (SSSR count). The van der Waals surface area contributed by atoms with Crippen LogP contribution in [0.3, 0.4) is 0 Å². The van der Waals surface area contributed by atoms with E-state index in [1.54, 1.807) is 0 Å². The summed E-state index contributed by atoms with van der Waals surface area (Å²) in [5.41, 5.74) is 7.63. The van der Waals surface area contributed by atoms with Crippen molar-refractivity contribution in [3.8, 4) is 5.69 Å². The van der Waals surface area contributed by atoms with Crippen LogP contribution in [-0.4, -0.2) is 4.57 Å². The second kappa shape index (κ2) is 6.07. The zero-order chi connectivity index (χ0) is 15.5. The average molecular weight is 287 g/mol. The first-order chi connectivity index (χ1) is 10.7. The lowest BCUT2D eigenvalue weighted by atomic mass is 10.0. The molecule has 0 spiro atoms. The zero-order valence-electron chi connectivity index (χ0n) is 13.2. The minimum Gasteiger partial charge on any atom is -0.314 e. The van der Waals surface area contributed by atoms with Gasteiger partial charge in [-0.15, -0.1) is 0 Å². The lowest BCUT2D eigenvalue weighted by Crippen LogP contribution is -2.03. The molecule has 0 bridgehead atoms. The summed E-state index contributed by atoms with van der Waals surface area (Å²) in [4.78, 5) is 0. The summed E-state index contributed by atoms with van der Waals surface area (Å²) in [6.45, 7) is 8.28. The molecule has 3 aromatic rings. The Hall–Kier alpha value is -2.54. The number of para-hydroxylation sites is 1. The van der Waals surface area contributed by atoms with Crippen LogP contribution in [0.4, 0.5) is 0 Å². The second-order valence-corrected chi connectivity index (χ2v) is 5.73. The molecule has 0 unspecified atom stereocenters. The van der Waals surface area contributed by atoms with Gasteiger partial charge in [0.2, 0.25) is 0 Å². The van der Waals surface area contributed by atoms with Crippen molar-refractivity contribution < 1.29 is 0 Å². The van der Waals surface area contributed by atoms with Crippen LogP contribution in [0.25, 0.3) is 11.8 Å². The number of benzene rings is 2. The summed E-state index contributed by atoms with van der Waals surface area (Å²) in [7, 11) is 0. The van der Waals surface area contributed by atoms with E-state index >= 15 is 0 Å². The maximum atomic E-state index is 3.95. The molecule has 0 radical (unpaired) electrons. The van der Waals surface area contributed by atoms with Gasteiger partial charge < -0.3 is 4.57 Å². The second-order valence-electron chi connectivity index (χ2n) is 5.73. The van der Waals surface area contributed by atoms with Gasteiger partial charge in [-0.3, -0.25) is 0 Å². The Morgan fingerprint density at radius 3 is 2.45 bits per heavy atom. The molecule has 110 valence electrons. The van der Waals surface area contributed by atoms with E-state index in [0.717, 1.165) is 12.1 Å². The number of aryl methyl sites for hydroxylation is 2. The first-order valence-electron chi connectivity index (χ1n) is 7.63. The fourth-order valence-electron chi connectivity index (χ4n) is 2.87. The molecule has 0 saturated carbocycles. The zero-order valence-corrected chi connectivity index (χ0v) is 13.2. The third-order valence-corrected chi connectivity index (χ3v) is 4.09. The minimum absolute atomic E-state index is 0.927. The molecule has 0 fully saturated rings. The van der Waals surface area contributed by atoms with Crippen LogP contribution >= 0.6 is 0 Å². The van der Waals surface area contributed by atoms with Gasteiger partial charge in [-0.2, -0.15) is 0 Å². The van der Waals surface area contributed by atoms with E-state index in [1.165, 1.54) is 28.1 Å². The van der Waals surface area contributed by atoms with E-state index in [9.17, 15) is 0 Å². The third kappa shape index (κ3) is 2.75. The number of nitrogens with zero attached hydrogens (tertiary/aromatic N) is 1. The van der Waals surface area contributed by atoms with Crippen LogP contribution in [0.1, 0.15) is 28.1 Å². The van der Waals surface area contributed by atoms with Crippen molar-refractivity contribution in [2.45, 2.75) is 20.3 Å². The number of rotatable bonds is 4. The summed E-state index contributed by atoms with van der Waals surface area (Å²) in [6, 6.07) is 21.5. The van der Waals surface area contributed by atoms with Gasteiger partial charge in [-0.05, 0) is 55.3 Å². The smallest absolute Gasteiger partial charge is 0.0458 e. The van der Waals surface area contributed by atoms with E-state index in [4.69, 9.17) is 0 Å². The van der Waals surface area contributed by atoms with E-state index in [-0.39, 0.29) is 0 Å². The molecule has 0 aliphatic heterocycles. The van der Waals surface area contributed by atoms with Crippen LogP contribution in [0.5, 0.6) is 0 Å². The summed E-state index contributed by atoms with van der Waals surface area (Å²) in [5, 5.41) is 0. The summed E-state index contributed by atoms with van der Waals surface area (Å²) in [6.07, 6.45) is 2.84. The van der Waals surface area contributed by atoms with E-state index in [0.29, 0.717) is 0 Å². The molecule has 0 N–H and O–H groups in total. The summed E-state index contributed by atoms with van der Waals surface area (Å²) in [5.74, 6) is 0. The quantitative estimate of drug-likeness (QED) is 0.611. The molecule has 1 heteroatoms. The van der Waals surface area contributed by atoms with Crippen LogP contribution in [-0.2, 0) is 6.42 Å². The van der Waals surface area contributed by atoms with Gasteiger partial charge in [0, 0.05) is 23.5 Å². The average Bonchev–Trinajstić information content (AvgIpc) is 2.94. The van der Waals surface area contributed by atoms with Gasteiger partial charge in [0.05, 0.1) is 0 Å². The highest BCUT2D eigenvalue weighted by Crippen LogP contribution is 2.22. The maximum Gasteiger partial charge on any atom is 0.0458 e. The Morgan fingerprint density at radius 1 is 0.955 bits per heavy atom. The van der Waals surface area contributed by atoms with Crippen molar-refractivity contribution in [3.63, 3.8) is 0 Å². The largest absolute Gasteiger partial charge is 0.314 e. The van der Waals surface area contributed by atoms with Gasteiger partial charge in [0.25, 0.3) is 0 Å². The Morgan fingerprint density at radius 2 is 1.73 bits per heavy atom. The van der Waals surface area contributed by atoms with Crippen molar-refractivity contribution in [3.05, 3.63) is 95.3 Å². The molecule has 1 heterocycles. The number of hydrogen-bond acceptors (Lipinski definition) is 0.